The van der Waals surface area contributed by atoms with Crippen molar-refractivity contribution in [2.75, 3.05) is 0 Å². The van der Waals surface area contributed by atoms with E-state index < -0.39 is 28.0 Å². The van der Waals surface area contributed by atoms with Gasteiger partial charge in [0.1, 0.15) is 0 Å². The van der Waals surface area contributed by atoms with Gasteiger partial charge in [-0.15, -0.1) is 0 Å². The summed E-state index contributed by atoms with van der Waals surface area (Å²) in [6.07, 6.45) is -1.31. The van der Waals surface area contributed by atoms with Gasteiger partial charge in [-0.05, 0) is 12.1 Å². The van der Waals surface area contributed by atoms with E-state index in [0.717, 1.165) is 0 Å². The molecule has 1 N–H and O–H groups in total. The van der Waals surface area contributed by atoms with Crippen molar-refractivity contribution in [1.29, 1.82) is 0 Å². The van der Waals surface area contributed by atoms with Crippen LogP contribution >= 0.6 is 0 Å². The van der Waals surface area contributed by atoms with Gasteiger partial charge in [-0.25, -0.2) is 17.9 Å². The van der Waals surface area contributed by atoms with Crippen LogP contribution in [-0.2, 0) is 19.6 Å². The van der Waals surface area contributed by atoms with Gasteiger partial charge >= 0.3 is 12.1 Å². The average molecular weight is 271 g/mol. The van der Waals surface area contributed by atoms with Gasteiger partial charge in [0.05, 0.1) is 10.8 Å². The quantitative estimate of drug-likeness (QED) is 0.660. The molecule has 98 valence electrons. The minimum atomic E-state index is -4.01. The molecular weight excluding hydrogens is 258 g/mol. The lowest BCUT2D eigenvalue weighted by Crippen LogP contribution is -2.33. The van der Waals surface area contributed by atoms with Gasteiger partial charge in [0.25, 0.3) is 10.0 Å². The Morgan fingerprint density at radius 2 is 1.72 bits per heavy atom. The van der Waals surface area contributed by atoms with E-state index in [4.69, 9.17) is 0 Å². The first kappa shape index (κ1) is 14.2. The van der Waals surface area contributed by atoms with Crippen LogP contribution in [0.15, 0.2) is 35.2 Å². The number of rotatable bonds is 3. The second-order valence-corrected chi connectivity index (χ2v) is 5.46. The van der Waals surface area contributed by atoms with Crippen LogP contribution in [0.3, 0.4) is 0 Å². The normalized spacial score (nSPS) is 11.1. The summed E-state index contributed by atoms with van der Waals surface area (Å²) in [5, 5.41) is 0. The second kappa shape index (κ2) is 5.63. The monoisotopic (exact) mass is 271 g/mol. The molecule has 0 bridgehead atoms. The molecule has 0 aliphatic rings. The van der Waals surface area contributed by atoms with E-state index >= 15 is 0 Å². The molecule has 0 aliphatic carbocycles. The summed E-state index contributed by atoms with van der Waals surface area (Å²) in [5.41, 5.74) is 0. The van der Waals surface area contributed by atoms with Crippen LogP contribution in [-0.4, -0.2) is 20.5 Å². The summed E-state index contributed by atoms with van der Waals surface area (Å²) < 4.78 is 29.3. The van der Waals surface area contributed by atoms with Crippen LogP contribution in [0.4, 0.5) is 4.79 Å². The first-order valence-electron chi connectivity index (χ1n) is 5.16. The van der Waals surface area contributed by atoms with Gasteiger partial charge in [0.15, 0.2) is 0 Å². The number of hydrogen-bond donors (Lipinski definition) is 1. The number of nitrogens with one attached hydrogen (secondary N) is 1. The van der Waals surface area contributed by atoms with Crippen molar-refractivity contribution in [3.8, 4) is 0 Å². The first-order chi connectivity index (χ1) is 8.33. The maximum absolute atomic E-state index is 11.7. The SMILES string of the molecule is CC(C)C(=O)OC(=O)NS(=O)(=O)c1ccccc1. The van der Waals surface area contributed by atoms with Gasteiger partial charge in [-0.1, -0.05) is 32.0 Å². The summed E-state index contributed by atoms with van der Waals surface area (Å²) in [5.74, 6) is -1.31. The maximum atomic E-state index is 11.7. The number of hydrogen-bond acceptors (Lipinski definition) is 5. The molecule has 1 aromatic rings. The van der Waals surface area contributed by atoms with Crippen LogP contribution in [0.5, 0.6) is 0 Å². The first-order valence-corrected chi connectivity index (χ1v) is 6.65. The van der Waals surface area contributed by atoms with Gasteiger partial charge < -0.3 is 4.74 Å². The fourth-order valence-electron chi connectivity index (χ4n) is 0.998. The van der Waals surface area contributed by atoms with E-state index in [9.17, 15) is 18.0 Å². The highest BCUT2D eigenvalue weighted by Crippen LogP contribution is 2.07. The minimum absolute atomic E-state index is 0.0843. The van der Waals surface area contributed by atoms with Gasteiger partial charge in [-0.2, -0.15) is 0 Å². The Bertz CT molecular complexity index is 536. The average Bonchev–Trinajstić information content (AvgIpc) is 2.29. The van der Waals surface area contributed by atoms with Gasteiger partial charge in [-0.3, -0.25) is 4.79 Å². The van der Waals surface area contributed by atoms with Crippen LogP contribution in [0.25, 0.3) is 0 Å². The lowest BCUT2D eigenvalue weighted by atomic mass is 10.2. The molecule has 1 aromatic carbocycles. The molecule has 0 saturated heterocycles. The third kappa shape index (κ3) is 3.85. The Hall–Kier alpha value is -1.89. The molecule has 0 heterocycles. The molecule has 0 aromatic heterocycles. The van der Waals surface area contributed by atoms with Crippen LogP contribution in [0.1, 0.15) is 13.8 Å². The molecule has 0 spiro atoms. The predicted molar refractivity (Wildman–Crippen MR) is 63.1 cm³/mol. The van der Waals surface area contributed by atoms with E-state index in [-0.39, 0.29) is 4.90 Å². The topological polar surface area (TPSA) is 89.5 Å². The standard InChI is InChI=1S/C11H13NO5S/c1-8(2)10(13)17-11(14)12-18(15,16)9-6-4-3-5-7-9/h3-8H,1-2H3,(H,12,14). The highest BCUT2D eigenvalue weighted by molar-refractivity contribution is 7.90. The highest BCUT2D eigenvalue weighted by atomic mass is 32.2. The zero-order chi connectivity index (χ0) is 13.8. The third-order valence-corrected chi connectivity index (χ3v) is 3.26. The summed E-state index contributed by atoms with van der Waals surface area (Å²) in [7, 11) is -4.01. The Morgan fingerprint density at radius 1 is 1.17 bits per heavy atom. The van der Waals surface area contributed by atoms with Crippen LogP contribution in [0, 0.1) is 5.92 Å². The number of carbonyl (C=O) groups is 2. The molecule has 0 atom stereocenters. The molecular formula is C11H13NO5S. The third-order valence-electron chi connectivity index (χ3n) is 1.94. The Kier molecular flexibility index (Phi) is 4.43. The molecule has 0 saturated carbocycles. The number of carbonyl (C=O) groups excluding carboxylic acids is 2. The van der Waals surface area contributed by atoms with Gasteiger partial charge in [0.2, 0.25) is 0 Å². The Labute approximate surface area is 105 Å². The number of benzene rings is 1. The minimum Gasteiger partial charge on any atom is -0.375 e. The molecule has 18 heavy (non-hydrogen) atoms. The second-order valence-electron chi connectivity index (χ2n) is 3.78. The van der Waals surface area contributed by atoms with Crippen molar-refractivity contribution in [2.24, 2.45) is 5.92 Å². The summed E-state index contributed by atoms with van der Waals surface area (Å²) in [6, 6.07) is 7.30. The molecule has 0 unspecified atom stereocenters. The van der Waals surface area contributed by atoms with E-state index in [1.807, 2.05) is 0 Å². The zero-order valence-corrected chi connectivity index (χ0v) is 10.7. The van der Waals surface area contributed by atoms with Crippen molar-refractivity contribution >= 4 is 22.1 Å². The van der Waals surface area contributed by atoms with Crippen molar-refractivity contribution < 1.29 is 22.7 Å². The van der Waals surface area contributed by atoms with Crippen molar-refractivity contribution in [2.45, 2.75) is 18.7 Å². The van der Waals surface area contributed by atoms with Gasteiger partial charge in [0, 0.05) is 0 Å². The number of ether oxygens (including phenoxy) is 1. The van der Waals surface area contributed by atoms with E-state index in [0.29, 0.717) is 0 Å². The largest absolute Gasteiger partial charge is 0.428 e. The lowest BCUT2D eigenvalue weighted by Gasteiger charge is -2.07. The Morgan fingerprint density at radius 3 is 2.22 bits per heavy atom. The molecule has 0 fully saturated rings. The summed E-state index contributed by atoms with van der Waals surface area (Å²) in [6.45, 7) is 3.06. The predicted octanol–water partition coefficient (Wildman–Crippen LogP) is 1.28. The van der Waals surface area contributed by atoms with Crippen molar-refractivity contribution in [1.82, 2.24) is 4.72 Å². The molecule has 1 amide bonds. The number of sulfonamides is 1. The van der Waals surface area contributed by atoms with Crippen molar-refractivity contribution in [3.05, 3.63) is 30.3 Å². The van der Waals surface area contributed by atoms with Crippen LogP contribution in [0.2, 0.25) is 0 Å². The van der Waals surface area contributed by atoms with E-state index in [1.165, 1.54) is 38.1 Å². The van der Waals surface area contributed by atoms with E-state index in [1.54, 1.807) is 10.8 Å². The number of amides is 1. The maximum Gasteiger partial charge on any atom is 0.428 e. The molecule has 6 nitrogen and oxygen atoms in total. The summed E-state index contributed by atoms with van der Waals surface area (Å²) >= 11 is 0. The number of esters is 1. The highest BCUT2D eigenvalue weighted by Gasteiger charge is 2.21. The van der Waals surface area contributed by atoms with Crippen molar-refractivity contribution in [3.63, 3.8) is 0 Å². The fourth-order valence-corrected chi connectivity index (χ4v) is 1.89. The molecule has 1 rings (SSSR count). The Balaban J connectivity index is 2.73. The summed E-state index contributed by atoms with van der Waals surface area (Å²) in [4.78, 5) is 22.2. The van der Waals surface area contributed by atoms with E-state index in [2.05, 4.69) is 4.74 Å². The fraction of sp³-hybridized carbons (Fsp3) is 0.273. The zero-order valence-electron chi connectivity index (χ0n) is 9.91. The molecule has 0 radical (unpaired) electrons. The smallest absolute Gasteiger partial charge is 0.375 e. The molecule has 0 aliphatic heterocycles. The molecule has 7 heteroatoms. The lowest BCUT2D eigenvalue weighted by molar-refractivity contribution is -0.140. The van der Waals surface area contributed by atoms with Crippen LogP contribution < -0.4 is 4.72 Å².